The lowest BCUT2D eigenvalue weighted by Crippen LogP contribution is -2.24. The van der Waals surface area contributed by atoms with Crippen molar-refractivity contribution in [1.29, 1.82) is 0 Å². The Balaban J connectivity index is 3.07. The monoisotopic (exact) mass is 221 g/mol. The first-order chi connectivity index (χ1) is 6.81. The van der Waals surface area contributed by atoms with E-state index in [1.165, 1.54) is 0 Å². The molecule has 0 aromatic rings. The van der Waals surface area contributed by atoms with Crippen LogP contribution in [-0.2, 0) is 4.74 Å². The number of thiol groups is 1. The van der Waals surface area contributed by atoms with Crippen molar-refractivity contribution in [2.45, 2.75) is 19.3 Å². The molecule has 0 unspecified atom stereocenters. The number of aliphatic hydroxyl groups excluding tert-OH is 1. The zero-order chi connectivity index (χ0) is 10.6. The van der Waals surface area contributed by atoms with Crippen molar-refractivity contribution in [3.8, 4) is 0 Å². The zero-order valence-corrected chi connectivity index (χ0v) is 10.0. The first-order valence-corrected chi connectivity index (χ1v) is 5.92. The molecule has 0 aliphatic rings. The van der Waals surface area contributed by atoms with Crippen LogP contribution in [0.1, 0.15) is 19.3 Å². The molecule has 3 nitrogen and oxygen atoms in total. The minimum absolute atomic E-state index is 0.314. The molecule has 0 aliphatic carbocycles. The molecule has 0 radical (unpaired) electrons. The molecule has 0 aliphatic heterocycles. The summed E-state index contributed by atoms with van der Waals surface area (Å²) in [5, 5.41) is 8.59. The van der Waals surface area contributed by atoms with E-state index in [1.807, 2.05) is 0 Å². The number of hydrogen-bond acceptors (Lipinski definition) is 4. The zero-order valence-electron chi connectivity index (χ0n) is 9.11. The second-order valence-corrected chi connectivity index (χ2v) is 3.87. The molecule has 0 fully saturated rings. The highest BCUT2D eigenvalue weighted by atomic mass is 32.1. The Labute approximate surface area is 92.8 Å². The van der Waals surface area contributed by atoms with Crippen molar-refractivity contribution < 1.29 is 9.84 Å². The fourth-order valence-electron chi connectivity index (χ4n) is 1.17. The number of unbranched alkanes of at least 4 members (excludes halogenated alkanes) is 2. The van der Waals surface area contributed by atoms with Crippen LogP contribution in [0.3, 0.4) is 0 Å². The lowest BCUT2D eigenvalue weighted by Gasteiger charge is -2.15. The molecule has 0 aromatic heterocycles. The van der Waals surface area contributed by atoms with Crippen molar-refractivity contribution in [3.63, 3.8) is 0 Å². The fourth-order valence-corrected chi connectivity index (χ4v) is 1.30. The summed E-state index contributed by atoms with van der Waals surface area (Å²) in [5.41, 5.74) is 0. The molecule has 0 amide bonds. The van der Waals surface area contributed by atoms with Crippen molar-refractivity contribution in [1.82, 2.24) is 4.90 Å². The average Bonchev–Trinajstić information content (AvgIpc) is 2.19. The van der Waals surface area contributed by atoms with E-state index in [0.717, 1.165) is 51.3 Å². The van der Waals surface area contributed by atoms with Gasteiger partial charge < -0.3 is 14.7 Å². The van der Waals surface area contributed by atoms with Gasteiger partial charge in [-0.3, -0.25) is 0 Å². The summed E-state index contributed by atoms with van der Waals surface area (Å²) in [7, 11) is 2.10. The molecule has 0 saturated heterocycles. The van der Waals surface area contributed by atoms with E-state index < -0.39 is 0 Å². The second kappa shape index (κ2) is 11.3. The van der Waals surface area contributed by atoms with E-state index >= 15 is 0 Å². The Hall–Kier alpha value is 0.230. The third-order valence-corrected chi connectivity index (χ3v) is 2.23. The third kappa shape index (κ3) is 10.3. The third-order valence-electron chi connectivity index (χ3n) is 2.05. The van der Waals surface area contributed by atoms with Gasteiger partial charge in [-0.05, 0) is 32.9 Å². The van der Waals surface area contributed by atoms with E-state index in [4.69, 9.17) is 9.84 Å². The van der Waals surface area contributed by atoms with Gasteiger partial charge in [-0.2, -0.15) is 12.6 Å². The van der Waals surface area contributed by atoms with E-state index in [0.29, 0.717) is 6.61 Å². The van der Waals surface area contributed by atoms with Crippen LogP contribution in [0.5, 0.6) is 0 Å². The van der Waals surface area contributed by atoms with Gasteiger partial charge in [0.25, 0.3) is 0 Å². The molecule has 0 atom stereocenters. The van der Waals surface area contributed by atoms with E-state index in [9.17, 15) is 0 Å². The van der Waals surface area contributed by atoms with Gasteiger partial charge in [-0.25, -0.2) is 0 Å². The smallest absolute Gasteiger partial charge is 0.0593 e. The molecule has 0 spiro atoms. The number of nitrogens with zero attached hydrogens (tertiary/aromatic N) is 1. The lowest BCUT2D eigenvalue weighted by atomic mass is 10.2. The first kappa shape index (κ1) is 14.2. The van der Waals surface area contributed by atoms with Gasteiger partial charge in [0.1, 0.15) is 0 Å². The molecular formula is C10H23NO2S. The SMILES string of the molecule is CN(CCCCCO)CCOCCS. The van der Waals surface area contributed by atoms with Crippen LogP contribution in [-0.4, -0.2) is 55.7 Å². The summed E-state index contributed by atoms with van der Waals surface area (Å²) in [4.78, 5) is 2.26. The first-order valence-electron chi connectivity index (χ1n) is 5.29. The topological polar surface area (TPSA) is 32.7 Å². The Morgan fingerprint density at radius 1 is 1.14 bits per heavy atom. The number of ether oxygens (including phenoxy) is 1. The van der Waals surface area contributed by atoms with Gasteiger partial charge in [-0.1, -0.05) is 0 Å². The lowest BCUT2D eigenvalue weighted by molar-refractivity contribution is 0.123. The Bertz CT molecular complexity index is 102. The number of likely N-dealkylation sites (N-methyl/N-ethyl adjacent to an activating group) is 1. The van der Waals surface area contributed by atoms with Crippen LogP contribution in [0.15, 0.2) is 0 Å². The van der Waals surface area contributed by atoms with Crippen LogP contribution in [0, 0.1) is 0 Å². The van der Waals surface area contributed by atoms with Gasteiger partial charge >= 0.3 is 0 Å². The molecule has 0 saturated carbocycles. The molecule has 0 bridgehead atoms. The van der Waals surface area contributed by atoms with E-state index in [2.05, 4.69) is 24.6 Å². The quantitative estimate of drug-likeness (QED) is 0.427. The van der Waals surface area contributed by atoms with Gasteiger partial charge in [0.2, 0.25) is 0 Å². The highest BCUT2D eigenvalue weighted by molar-refractivity contribution is 7.80. The molecule has 86 valence electrons. The second-order valence-electron chi connectivity index (χ2n) is 3.42. The molecule has 0 aromatic carbocycles. The van der Waals surface area contributed by atoms with Crippen LogP contribution in [0.25, 0.3) is 0 Å². The van der Waals surface area contributed by atoms with Crippen molar-refractivity contribution in [2.24, 2.45) is 0 Å². The van der Waals surface area contributed by atoms with Gasteiger partial charge in [0.15, 0.2) is 0 Å². The van der Waals surface area contributed by atoms with Crippen LogP contribution < -0.4 is 0 Å². The number of hydrogen-bond donors (Lipinski definition) is 2. The number of rotatable bonds is 10. The minimum Gasteiger partial charge on any atom is -0.396 e. The minimum atomic E-state index is 0.314. The summed E-state index contributed by atoms with van der Waals surface area (Å²) in [5.74, 6) is 0.792. The molecule has 14 heavy (non-hydrogen) atoms. The van der Waals surface area contributed by atoms with Gasteiger partial charge in [0, 0.05) is 18.9 Å². The maximum atomic E-state index is 8.59. The fraction of sp³-hybridized carbons (Fsp3) is 1.00. The van der Waals surface area contributed by atoms with Crippen molar-refractivity contribution >= 4 is 12.6 Å². The van der Waals surface area contributed by atoms with Crippen molar-refractivity contribution in [2.75, 3.05) is 45.7 Å². The maximum absolute atomic E-state index is 8.59. The Morgan fingerprint density at radius 3 is 2.57 bits per heavy atom. The molecule has 0 rings (SSSR count). The summed E-state index contributed by atoms with van der Waals surface area (Å²) in [6.45, 7) is 3.91. The van der Waals surface area contributed by atoms with Crippen LogP contribution in [0.4, 0.5) is 0 Å². The molecule has 4 heteroatoms. The summed E-state index contributed by atoms with van der Waals surface area (Å²) in [6, 6.07) is 0. The van der Waals surface area contributed by atoms with Crippen molar-refractivity contribution in [3.05, 3.63) is 0 Å². The summed E-state index contributed by atoms with van der Waals surface area (Å²) in [6.07, 6.45) is 3.19. The largest absolute Gasteiger partial charge is 0.396 e. The maximum Gasteiger partial charge on any atom is 0.0593 e. The Morgan fingerprint density at radius 2 is 1.93 bits per heavy atom. The van der Waals surface area contributed by atoms with E-state index in [1.54, 1.807) is 0 Å². The predicted octanol–water partition coefficient (Wildman–Crippen LogP) is 1.03. The normalized spacial score (nSPS) is 11.1. The number of aliphatic hydroxyl groups is 1. The van der Waals surface area contributed by atoms with Crippen LogP contribution in [0.2, 0.25) is 0 Å². The highest BCUT2D eigenvalue weighted by Gasteiger charge is 1.97. The van der Waals surface area contributed by atoms with Gasteiger partial charge in [-0.15, -0.1) is 0 Å². The van der Waals surface area contributed by atoms with Gasteiger partial charge in [0.05, 0.1) is 13.2 Å². The summed E-state index contributed by atoms with van der Waals surface area (Å²) >= 11 is 4.06. The molecule has 0 heterocycles. The Kier molecular flexibility index (Phi) is 11.5. The van der Waals surface area contributed by atoms with E-state index in [-0.39, 0.29) is 0 Å². The predicted molar refractivity (Wildman–Crippen MR) is 63.1 cm³/mol. The molecular weight excluding hydrogens is 198 g/mol. The molecule has 1 N–H and O–H groups in total. The summed E-state index contributed by atoms with van der Waals surface area (Å²) < 4.78 is 5.32. The average molecular weight is 221 g/mol. The standard InChI is InChI=1S/C10H23NO2S/c1-11(5-3-2-4-7-12)6-8-13-9-10-14/h12,14H,2-10H2,1H3. The van der Waals surface area contributed by atoms with Crippen LogP contribution >= 0.6 is 12.6 Å². The highest BCUT2D eigenvalue weighted by Crippen LogP contribution is 1.96.